The van der Waals surface area contributed by atoms with E-state index in [0.29, 0.717) is 5.92 Å². The van der Waals surface area contributed by atoms with Gasteiger partial charge in [-0.05, 0) is 19.8 Å². The first-order chi connectivity index (χ1) is 10.0. The van der Waals surface area contributed by atoms with Gasteiger partial charge in [-0.2, -0.15) is 5.10 Å². The van der Waals surface area contributed by atoms with Crippen LogP contribution in [0.2, 0.25) is 0 Å². The number of aromatic nitrogens is 2. The minimum Gasteiger partial charge on any atom is -0.457 e. The standard InChI is InChI=1S/C17H28N2O3/c1-11(2)9-19-13(4)14(12(3)18-19)8-16(21)22-10-15(20)17(5,6)7/h11H,8-10H2,1-7H3. The number of hydrogen-bond acceptors (Lipinski definition) is 4. The highest BCUT2D eigenvalue weighted by molar-refractivity contribution is 5.86. The molecule has 5 heteroatoms. The second-order valence-electron chi connectivity index (χ2n) is 7.24. The number of hydrogen-bond donors (Lipinski definition) is 0. The molecule has 0 aliphatic rings. The average molecular weight is 308 g/mol. The van der Waals surface area contributed by atoms with Crippen LogP contribution in [0.15, 0.2) is 0 Å². The maximum Gasteiger partial charge on any atom is 0.310 e. The highest BCUT2D eigenvalue weighted by Gasteiger charge is 2.23. The van der Waals surface area contributed by atoms with Gasteiger partial charge >= 0.3 is 5.97 Å². The van der Waals surface area contributed by atoms with Crippen LogP contribution in [-0.2, 0) is 27.3 Å². The Balaban J connectivity index is 2.69. The van der Waals surface area contributed by atoms with Crippen LogP contribution in [0.25, 0.3) is 0 Å². The van der Waals surface area contributed by atoms with Gasteiger partial charge in [0.15, 0.2) is 12.4 Å². The van der Waals surface area contributed by atoms with Gasteiger partial charge in [-0.15, -0.1) is 0 Å². The largest absolute Gasteiger partial charge is 0.457 e. The molecule has 1 aromatic rings. The van der Waals surface area contributed by atoms with Gasteiger partial charge in [-0.25, -0.2) is 0 Å². The zero-order valence-corrected chi connectivity index (χ0v) is 14.8. The van der Waals surface area contributed by atoms with Crippen molar-refractivity contribution >= 4 is 11.8 Å². The molecule has 1 rings (SSSR count). The van der Waals surface area contributed by atoms with Crippen LogP contribution >= 0.6 is 0 Å². The number of nitrogens with zero attached hydrogens (tertiary/aromatic N) is 2. The molecule has 0 amide bonds. The van der Waals surface area contributed by atoms with Crippen LogP contribution in [-0.4, -0.2) is 28.1 Å². The molecule has 0 saturated carbocycles. The number of carbonyl (C=O) groups excluding carboxylic acids is 2. The van der Waals surface area contributed by atoms with Gasteiger partial charge in [0.25, 0.3) is 0 Å². The molecule has 1 aromatic heterocycles. The van der Waals surface area contributed by atoms with E-state index in [1.54, 1.807) is 0 Å². The number of ketones is 1. The van der Waals surface area contributed by atoms with E-state index in [1.165, 1.54) is 0 Å². The van der Waals surface area contributed by atoms with Crippen molar-refractivity contribution in [2.24, 2.45) is 11.3 Å². The summed E-state index contributed by atoms with van der Waals surface area (Å²) in [6.45, 7) is 14.2. The number of esters is 1. The fraction of sp³-hybridized carbons (Fsp3) is 0.706. The highest BCUT2D eigenvalue weighted by atomic mass is 16.5. The van der Waals surface area contributed by atoms with Gasteiger partial charge in [0.1, 0.15) is 0 Å². The molecule has 0 atom stereocenters. The average Bonchev–Trinajstić information content (AvgIpc) is 2.61. The van der Waals surface area contributed by atoms with Crippen molar-refractivity contribution in [3.05, 3.63) is 17.0 Å². The second-order valence-corrected chi connectivity index (χ2v) is 7.24. The van der Waals surface area contributed by atoms with Crippen LogP contribution in [0.4, 0.5) is 0 Å². The number of rotatable bonds is 6. The quantitative estimate of drug-likeness (QED) is 0.758. The van der Waals surface area contributed by atoms with Crippen molar-refractivity contribution in [1.29, 1.82) is 0 Å². The van der Waals surface area contributed by atoms with Gasteiger partial charge in [0, 0.05) is 23.2 Å². The third kappa shape index (κ3) is 4.97. The van der Waals surface area contributed by atoms with Crippen molar-refractivity contribution in [3.63, 3.8) is 0 Å². The molecule has 1 heterocycles. The SMILES string of the molecule is Cc1nn(CC(C)C)c(C)c1CC(=O)OCC(=O)C(C)(C)C. The van der Waals surface area contributed by atoms with E-state index in [2.05, 4.69) is 18.9 Å². The molecule has 0 spiro atoms. The lowest BCUT2D eigenvalue weighted by Crippen LogP contribution is -2.26. The lowest BCUT2D eigenvalue weighted by molar-refractivity contribution is -0.149. The molecule has 0 aliphatic carbocycles. The number of carbonyl (C=O) groups is 2. The smallest absolute Gasteiger partial charge is 0.310 e. The fourth-order valence-corrected chi connectivity index (χ4v) is 2.07. The summed E-state index contributed by atoms with van der Waals surface area (Å²) in [7, 11) is 0. The Bertz CT molecular complexity index is 551. The number of Topliss-reactive ketones (excluding diaryl/α,β-unsaturated/α-hetero) is 1. The lowest BCUT2D eigenvalue weighted by atomic mass is 9.91. The van der Waals surface area contributed by atoms with E-state index < -0.39 is 5.41 Å². The van der Waals surface area contributed by atoms with Gasteiger partial charge in [0.05, 0.1) is 12.1 Å². The summed E-state index contributed by atoms with van der Waals surface area (Å²) in [5.41, 5.74) is 2.24. The van der Waals surface area contributed by atoms with Crippen molar-refractivity contribution < 1.29 is 14.3 Å². The fourth-order valence-electron chi connectivity index (χ4n) is 2.07. The van der Waals surface area contributed by atoms with Crippen LogP contribution in [0.5, 0.6) is 0 Å². The number of aryl methyl sites for hydroxylation is 1. The Labute approximate surface area is 133 Å². The van der Waals surface area contributed by atoms with E-state index in [-0.39, 0.29) is 24.8 Å². The van der Waals surface area contributed by atoms with Gasteiger partial charge < -0.3 is 4.74 Å². The summed E-state index contributed by atoms with van der Waals surface area (Å²) in [4.78, 5) is 23.8. The molecule has 0 unspecified atom stereocenters. The van der Waals surface area contributed by atoms with Crippen molar-refractivity contribution in [2.75, 3.05) is 6.61 Å². The molecule has 0 saturated heterocycles. The second kappa shape index (κ2) is 7.07. The Morgan fingerprint density at radius 1 is 1.23 bits per heavy atom. The molecule has 0 fully saturated rings. The Morgan fingerprint density at radius 2 is 1.82 bits per heavy atom. The number of ether oxygens (including phenoxy) is 1. The van der Waals surface area contributed by atoms with E-state index >= 15 is 0 Å². The molecule has 0 N–H and O–H groups in total. The van der Waals surface area contributed by atoms with Crippen LogP contribution < -0.4 is 0 Å². The first kappa shape index (κ1) is 18.4. The molecule has 0 aliphatic heterocycles. The van der Waals surface area contributed by atoms with E-state index in [1.807, 2.05) is 39.3 Å². The van der Waals surface area contributed by atoms with Crippen LogP contribution in [0.1, 0.15) is 51.6 Å². The third-order valence-corrected chi connectivity index (χ3v) is 3.59. The summed E-state index contributed by atoms with van der Waals surface area (Å²) in [6, 6.07) is 0. The van der Waals surface area contributed by atoms with E-state index in [9.17, 15) is 9.59 Å². The molecule has 0 radical (unpaired) electrons. The predicted molar refractivity (Wildman–Crippen MR) is 85.7 cm³/mol. The minimum atomic E-state index is -0.492. The Hall–Kier alpha value is -1.65. The van der Waals surface area contributed by atoms with Gasteiger partial charge in [-0.3, -0.25) is 14.3 Å². The molecule has 0 aromatic carbocycles. The summed E-state index contributed by atoms with van der Waals surface area (Å²) >= 11 is 0. The lowest BCUT2D eigenvalue weighted by Gasteiger charge is -2.16. The van der Waals surface area contributed by atoms with E-state index in [0.717, 1.165) is 23.5 Å². The zero-order valence-electron chi connectivity index (χ0n) is 14.8. The van der Waals surface area contributed by atoms with Crippen molar-refractivity contribution in [2.45, 2.75) is 61.4 Å². The van der Waals surface area contributed by atoms with E-state index in [4.69, 9.17) is 4.74 Å². The van der Waals surface area contributed by atoms with Gasteiger partial charge in [-0.1, -0.05) is 34.6 Å². The molecule has 22 heavy (non-hydrogen) atoms. The zero-order chi connectivity index (χ0) is 17.1. The monoisotopic (exact) mass is 308 g/mol. The summed E-state index contributed by atoms with van der Waals surface area (Å²) in [5.74, 6) is 0.0277. The third-order valence-electron chi connectivity index (χ3n) is 3.59. The van der Waals surface area contributed by atoms with Crippen molar-refractivity contribution in [3.8, 4) is 0 Å². The Kier molecular flexibility index (Phi) is 5.92. The highest BCUT2D eigenvalue weighted by Crippen LogP contribution is 2.17. The van der Waals surface area contributed by atoms with Crippen molar-refractivity contribution in [1.82, 2.24) is 9.78 Å². The maximum atomic E-state index is 12.0. The van der Waals surface area contributed by atoms with Gasteiger partial charge in [0.2, 0.25) is 0 Å². The molecule has 5 nitrogen and oxygen atoms in total. The summed E-state index contributed by atoms with van der Waals surface area (Å²) in [6.07, 6.45) is 0.160. The first-order valence-corrected chi connectivity index (χ1v) is 7.74. The maximum absolute atomic E-state index is 12.0. The predicted octanol–water partition coefficient (Wildman–Crippen LogP) is 2.86. The molecular formula is C17H28N2O3. The topological polar surface area (TPSA) is 61.2 Å². The summed E-state index contributed by atoms with van der Waals surface area (Å²) in [5, 5.41) is 4.48. The molecular weight excluding hydrogens is 280 g/mol. The minimum absolute atomic E-state index is 0.0789. The van der Waals surface area contributed by atoms with Crippen LogP contribution in [0.3, 0.4) is 0 Å². The molecule has 0 bridgehead atoms. The first-order valence-electron chi connectivity index (χ1n) is 7.74. The Morgan fingerprint density at radius 3 is 2.32 bits per heavy atom. The molecule has 124 valence electrons. The summed E-state index contributed by atoms with van der Waals surface area (Å²) < 4.78 is 7.04. The normalized spacial score (nSPS) is 11.8. The van der Waals surface area contributed by atoms with Crippen LogP contribution in [0, 0.1) is 25.2 Å².